The fourth-order valence-corrected chi connectivity index (χ4v) is 2.23. The number of nitrogens with one attached hydrogen (secondary N) is 1. The van der Waals surface area contributed by atoms with Gasteiger partial charge in [-0.2, -0.15) is 0 Å². The molecule has 1 heterocycles. The van der Waals surface area contributed by atoms with Gasteiger partial charge in [0, 0.05) is 31.0 Å². The first-order valence-corrected chi connectivity index (χ1v) is 7.07. The summed E-state index contributed by atoms with van der Waals surface area (Å²) >= 11 is 0. The lowest BCUT2D eigenvalue weighted by Gasteiger charge is -2.26. The Morgan fingerprint density at radius 1 is 1.44 bits per heavy atom. The average molecular weight is 247 g/mol. The molecule has 100 valence electrons. The van der Waals surface area contributed by atoms with Crippen LogP contribution in [-0.2, 0) is 6.54 Å². The molecule has 1 aliphatic rings. The van der Waals surface area contributed by atoms with Crippen LogP contribution in [-0.4, -0.2) is 24.6 Å². The van der Waals surface area contributed by atoms with Gasteiger partial charge < -0.3 is 10.2 Å². The third-order valence-electron chi connectivity index (χ3n) is 3.42. The molecule has 0 aromatic carbocycles. The van der Waals surface area contributed by atoms with Crippen LogP contribution in [0, 0.1) is 5.92 Å². The van der Waals surface area contributed by atoms with Gasteiger partial charge >= 0.3 is 0 Å². The van der Waals surface area contributed by atoms with E-state index in [2.05, 4.69) is 41.2 Å². The number of pyridine rings is 1. The fraction of sp³-hybridized carbons (Fsp3) is 0.667. The van der Waals surface area contributed by atoms with Crippen molar-refractivity contribution in [2.24, 2.45) is 5.92 Å². The van der Waals surface area contributed by atoms with E-state index in [0.717, 1.165) is 24.2 Å². The van der Waals surface area contributed by atoms with Crippen LogP contribution in [0.4, 0.5) is 5.69 Å². The number of rotatable bonds is 7. The second kappa shape index (κ2) is 6.19. The summed E-state index contributed by atoms with van der Waals surface area (Å²) in [4.78, 5) is 6.97. The van der Waals surface area contributed by atoms with Crippen LogP contribution in [0.5, 0.6) is 0 Å². The standard InChI is InChI=1S/C15H25N3/c1-12(2)7-9-18(14-4-5-14)15-6-8-17-13(10-15)11-16-3/h6,8,10,12,14,16H,4-5,7,9,11H2,1-3H3. The first-order chi connectivity index (χ1) is 8.70. The van der Waals surface area contributed by atoms with Gasteiger partial charge in [-0.25, -0.2) is 0 Å². The summed E-state index contributed by atoms with van der Waals surface area (Å²) in [7, 11) is 1.96. The highest BCUT2D eigenvalue weighted by atomic mass is 15.2. The maximum absolute atomic E-state index is 4.40. The summed E-state index contributed by atoms with van der Waals surface area (Å²) in [6.07, 6.45) is 5.90. The van der Waals surface area contributed by atoms with Crippen molar-refractivity contribution in [3.63, 3.8) is 0 Å². The van der Waals surface area contributed by atoms with Crippen molar-refractivity contribution < 1.29 is 0 Å². The van der Waals surface area contributed by atoms with E-state index in [1.54, 1.807) is 0 Å². The molecule has 3 nitrogen and oxygen atoms in total. The molecule has 1 saturated carbocycles. The van der Waals surface area contributed by atoms with E-state index in [0.29, 0.717) is 0 Å². The van der Waals surface area contributed by atoms with E-state index in [9.17, 15) is 0 Å². The largest absolute Gasteiger partial charge is 0.368 e. The van der Waals surface area contributed by atoms with E-state index < -0.39 is 0 Å². The summed E-state index contributed by atoms with van der Waals surface area (Å²) in [6, 6.07) is 5.15. The first kappa shape index (κ1) is 13.3. The molecule has 1 fully saturated rings. The fourth-order valence-electron chi connectivity index (χ4n) is 2.23. The van der Waals surface area contributed by atoms with Gasteiger partial charge in [0.15, 0.2) is 0 Å². The molecule has 0 saturated heterocycles. The topological polar surface area (TPSA) is 28.2 Å². The van der Waals surface area contributed by atoms with Crippen LogP contribution < -0.4 is 10.2 Å². The lowest BCUT2D eigenvalue weighted by molar-refractivity contribution is 0.570. The Morgan fingerprint density at radius 2 is 2.22 bits per heavy atom. The maximum atomic E-state index is 4.40. The quantitative estimate of drug-likeness (QED) is 0.803. The van der Waals surface area contributed by atoms with E-state index in [4.69, 9.17) is 0 Å². The molecular weight excluding hydrogens is 222 g/mol. The SMILES string of the molecule is CNCc1cc(N(CCC(C)C)C2CC2)ccn1. The number of hydrogen-bond donors (Lipinski definition) is 1. The highest BCUT2D eigenvalue weighted by Crippen LogP contribution is 2.32. The number of hydrogen-bond acceptors (Lipinski definition) is 3. The summed E-state index contributed by atoms with van der Waals surface area (Å²) in [5.74, 6) is 0.768. The average Bonchev–Trinajstić information content (AvgIpc) is 3.14. The highest BCUT2D eigenvalue weighted by molar-refractivity contribution is 5.48. The van der Waals surface area contributed by atoms with Crippen molar-refractivity contribution in [2.45, 2.75) is 45.7 Å². The molecule has 1 aliphatic carbocycles. The molecule has 0 bridgehead atoms. The molecule has 1 aromatic rings. The zero-order valence-corrected chi connectivity index (χ0v) is 11.8. The van der Waals surface area contributed by atoms with Crippen LogP contribution in [0.2, 0.25) is 0 Å². The summed E-state index contributed by atoms with van der Waals surface area (Å²) in [5, 5.41) is 3.16. The van der Waals surface area contributed by atoms with Crippen molar-refractivity contribution in [1.29, 1.82) is 0 Å². The Morgan fingerprint density at radius 3 is 2.83 bits per heavy atom. The summed E-state index contributed by atoms with van der Waals surface area (Å²) in [5.41, 5.74) is 2.48. The van der Waals surface area contributed by atoms with Crippen molar-refractivity contribution in [2.75, 3.05) is 18.5 Å². The van der Waals surface area contributed by atoms with Gasteiger partial charge in [-0.05, 0) is 44.4 Å². The zero-order valence-electron chi connectivity index (χ0n) is 11.8. The first-order valence-electron chi connectivity index (χ1n) is 7.07. The van der Waals surface area contributed by atoms with Crippen molar-refractivity contribution >= 4 is 5.69 Å². The normalized spacial score (nSPS) is 15.1. The molecule has 3 heteroatoms. The molecule has 0 amide bonds. The second-order valence-corrected chi connectivity index (χ2v) is 5.64. The molecule has 1 aromatic heterocycles. The third-order valence-corrected chi connectivity index (χ3v) is 3.42. The third kappa shape index (κ3) is 3.70. The predicted octanol–water partition coefficient (Wildman–Crippen LogP) is 2.82. The Balaban J connectivity index is 2.06. The molecule has 0 aliphatic heterocycles. The molecule has 0 unspecified atom stereocenters. The van der Waals surface area contributed by atoms with Gasteiger partial charge in [0.05, 0.1) is 5.69 Å². The summed E-state index contributed by atoms with van der Waals surface area (Å²) < 4.78 is 0. The van der Waals surface area contributed by atoms with Crippen molar-refractivity contribution in [1.82, 2.24) is 10.3 Å². The van der Waals surface area contributed by atoms with Crippen molar-refractivity contribution in [3.05, 3.63) is 24.0 Å². The maximum Gasteiger partial charge on any atom is 0.0562 e. The lowest BCUT2D eigenvalue weighted by Crippen LogP contribution is -2.28. The zero-order chi connectivity index (χ0) is 13.0. The van der Waals surface area contributed by atoms with Gasteiger partial charge in [-0.15, -0.1) is 0 Å². The van der Waals surface area contributed by atoms with Gasteiger partial charge in [-0.1, -0.05) is 13.8 Å². The van der Waals surface area contributed by atoms with Crippen LogP contribution in [0.3, 0.4) is 0 Å². The molecular formula is C15H25N3. The smallest absolute Gasteiger partial charge is 0.0562 e. The minimum Gasteiger partial charge on any atom is -0.368 e. The molecule has 18 heavy (non-hydrogen) atoms. The van der Waals surface area contributed by atoms with E-state index >= 15 is 0 Å². The van der Waals surface area contributed by atoms with E-state index in [-0.39, 0.29) is 0 Å². The Hall–Kier alpha value is -1.09. The van der Waals surface area contributed by atoms with Gasteiger partial charge in [0.25, 0.3) is 0 Å². The highest BCUT2D eigenvalue weighted by Gasteiger charge is 2.29. The van der Waals surface area contributed by atoms with Gasteiger partial charge in [-0.3, -0.25) is 4.98 Å². The van der Waals surface area contributed by atoms with Gasteiger partial charge in [0.2, 0.25) is 0 Å². The van der Waals surface area contributed by atoms with Crippen molar-refractivity contribution in [3.8, 4) is 0 Å². The molecule has 2 rings (SSSR count). The lowest BCUT2D eigenvalue weighted by atomic mass is 10.1. The number of anilines is 1. The second-order valence-electron chi connectivity index (χ2n) is 5.64. The molecule has 0 atom stereocenters. The predicted molar refractivity (Wildman–Crippen MR) is 76.8 cm³/mol. The van der Waals surface area contributed by atoms with Crippen LogP contribution in [0.25, 0.3) is 0 Å². The molecule has 0 radical (unpaired) electrons. The van der Waals surface area contributed by atoms with Gasteiger partial charge in [0.1, 0.15) is 0 Å². The molecule has 0 spiro atoms. The van der Waals surface area contributed by atoms with E-state index in [1.165, 1.54) is 31.5 Å². The van der Waals surface area contributed by atoms with Crippen LogP contribution in [0.1, 0.15) is 38.8 Å². The number of aromatic nitrogens is 1. The Labute approximate surface area is 111 Å². The minimum atomic E-state index is 0.768. The summed E-state index contributed by atoms with van der Waals surface area (Å²) in [6.45, 7) is 6.61. The minimum absolute atomic E-state index is 0.768. The molecule has 1 N–H and O–H groups in total. The van der Waals surface area contributed by atoms with Crippen LogP contribution in [0.15, 0.2) is 18.3 Å². The van der Waals surface area contributed by atoms with Crippen LogP contribution >= 0.6 is 0 Å². The number of nitrogens with zero attached hydrogens (tertiary/aromatic N) is 2. The van der Waals surface area contributed by atoms with E-state index in [1.807, 2.05) is 13.2 Å². The Bertz CT molecular complexity index is 372. The monoisotopic (exact) mass is 247 g/mol. The Kier molecular flexibility index (Phi) is 4.59.